The molecule has 0 atom stereocenters. The summed E-state index contributed by atoms with van der Waals surface area (Å²) in [5, 5.41) is 0. The van der Waals surface area contributed by atoms with Crippen LogP contribution >= 0.6 is 0 Å². The Morgan fingerprint density at radius 3 is 1.52 bits per heavy atom. The largest absolute Gasteiger partial charge is 0.512 e. The van der Waals surface area contributed by atoms with Crippen LogP contribution in [0.3, 0.4) is 0 Å². The molecular formula is C13H19F6N2O4S2+. The van der Waals surface area contributed by atoms with Crippen LogP contribution in [0.1, 0.15) is 12.5 Å². The summed E-state index contributed by atoms with van der Waals surface area (Å²) in [7, 11) is -8.68. The van der Waals surface area contributed by atoms with Gasteiger partial charge in [0.05, 0.1) is 20.6 Å². The van der Waals surface area contributed by atoms with Gasteiger partial charge in [-0.15, -0.1) is 0 Å². The molecule has 0 aliphatic carbocycles. The molecule has 0 spiro atoms. The highest BCUT2D eigenvalue weighted by Gasteiger charge is 2.55. The predicted octanol–water partition coefficient (Wildman–Crippen LogP) is 2.56. The number of sulfonamides is 2. The molecule has 0 saturated carbocycles. The fourth-order valence-corrected chi connectivity index (χ4v) is 3.34. The van der Waals surface area contributed by atoms with E-state index in [-0.39, 0.29) is 0 Å². The van der Waals surface area contributed by atoms with Gasteiger partial charge in [-0.2, -0.15) is 26.3 Å². The van der Waals surface area contributed by atoms with Gasteiger partial charge in [0.2, 0.25) is 0 Å². The summed E-state index contributed by atoms with van der Waals surface area (Å²) in [6, 6.07) is 10.6. The lowest BCUT2D eigenvalue weighted by atomic mass is 10.2. The zero-order chi connectivity index (χ0) is 21.7. The van der Waals surface area contributed by atoms with Crippen LogP contribution in [0.5, 0.6) is 0 Å². The quantitative estimate of drug-likeness (QED) is 0.558. The minimum atomic E-state index is -6.60. The maximum atomic E-state index is 11.5. The van der Waals surface area contributed by atoms with Crippen molar-refractivity contribution in [3.8, 4) is 0 Å². The zero-order valence-electron chi connectivity index (χ0n) is 14.5. The number of nitrogens with zero attached hydrogens (tertiary/aromatic N) is 1. The van der Waals surface area contributed by atoms with Crippen molar-refractivity contribution in [2.24, 2.45) is 0 Å². The molecular weight excluding hydrogens is 426 g/mol. The molecule has 0 amide bonds. The SMILES string of the molecule is CC[N+](C)(C)Cc1ccccc1.O=S(=O)(NS(=O)(=O)C(F)(F)F)C(F)(F)F. The number of alkyl halides is 6. The maximum absolute atomic E-state index is 11.5. The Bertz CT molecular complexity index is 761. The van der Waals surface area contributed by atoms with Crippen LogP contribution in [0.4, 0.5) is 26.3 Å². The molecule has 0 fully saturated rings. The molecule has 0 unspecified atom stereocenters. The van der Waals surface area contributed by atoms with Crippen LogP contribution in [0.2, 0.25) is 0 Å². The molecule has 0 heterocycles. The second-order valence-corrected chi connectivity index (χ2v) is 9.48. The van der Waals surface area contributed by atoms with Gasteiger partial charge in [0.1, 0.15) is 6.54 Å². The van der Waals surface area contributed by atoms with Crippen molar-refractivity contribution < 1.29 is 47.7 Å². The molecule has 27 heavy (non-hydrogen) atoms. The van der Waals surface area contributed by atoms with Gasteiger partial charge in [0, 0.05) is 5.56 Å². The Labute approximate surface area is 153 Å². The molecule has 0 aliphatic rings. The number of benzene rings is 1. The van der Waals surface area contributed by atoms with Gasteiger partial charge in [0.15, 0.2) is 0 Å². The topological polar surface area (TPSA) is 80.3 Å². The molecule has 0 bridgehead atoms. The first kappa shape index (κ1) is 25.6. The van der Waals surface area contributed by atoms with Crippen LogP contribution in [0.25, 0.3) is 0 Å². The number of rotatable bonds is 5. The van der Waals surface area contributed by atoms with E-state index < -0.39 is 35.2 Å². The first-order valence-corrected chi connectivity index (χ1v) is 10.1. The molecule has 0 radical (unpaired) electrons. The van der Waals surface area contributed by atoms with Crippen molar-refractivity contribution in [3.63, 3.8) is 0 Å². The predicted molar refractivity (Wildman–Crippen MR) is 85.9 cm³/mol. The molecule has 0 aromatic heterocycles. The third-order valence-corrected chi connectivity index (χ3v) is 6.11. The summed E-state index contributed by atoms with van der Waals surface area (Å²) in [5.41, 5.74) is -10.9. The lowest BCUT2D eigenvalue weighted by Gasteiger charge is -2.28. The monoisotopic (exact) mass is 445 g/mol. The van der Waals surface area contributed by atoms with Gasteiger partial charge in [-0.25, -0.2) is 16.8 Å². The second-order valence-electron chi connectivity index (χ2n) is 5.88. The van der Waals surface area contributed by atoms with E-state index in [1.807, 2.05) is 0 Å². The van der Waals surface area contributed by atoms with Crippen LogP contribution in [0, 0.1) is 0 Å². The molecule has 1 aromatic rings. The van der Waals surface area contributed by atoms with Crippen LogP contribution in [0.15, 0.2) is 30.3 Å². The summed E-state index contributed by atoms with van der Waals surface area (Å²) in [5.74, 6) is 0. The number of quaternary nitrogens is 1. The van der Waals surface area contributed by atoms with E-state index in [0.717, 1.165) is 11.0 Å². The van der Waals surface area contributed by atoms with Crippen molar-refractivity contribution in [2.75, 3.05) is 20.6 Å². The first-order chi connectivity index (χ1) is 11.8. The van der Waals surface area contributed by atoms with E-state index in [2.05, 4.69) is 51.4 Å². The molecule has 0 saturated heterocycles. The van der Waals surface area contributed by atoms with Crippen LogP contribution < -0.4 is 4.13 Å². The number of hydrogen-bond acceptors (Lipinski definition) is 4. The van der Waals surface area contributed by atoms with Crippen LogP contribution in [-0.4, -0.2) is 53.0 Å². The van der Waals surface area contributed by atoms with Crippen molar-refractivity contribution in [1.82, 2.24) is 4.13 Å². The van der Waals surface area contributed by atoms with E-state index in [0.29, 0.717) is 0 Å². The third kappa shape index (κ3) is 8.45. The molecule has 1 rings (SSSR count). The smallest absolute Gasteiger partial charge is 0.325 e. The second kappa shape index (κ2) is 8.75. The van der Waals surface area contributed by atoms with Gasteiger partial charge in [0.25, 0.3) is 0 Å². The molecule has 1 N–H and O–H groups in total. The summed E-state index contributed by atoms with van der Waals surface area (Å²) >= 11 is 0. The molecule has 0 aliphatic heterocycles. The fourth-order valence-electron chi connectivity index (χ4n) is 1.43. The molecule has 6 nitrogen and oxygen atoms in total. The van der Waals surface area contributed by atoms with Gasteiger partial charge >= 0.3 is 31.1 Å². The van der Waals surface area contributed by atoms with Crippen molar-refractivity contribution in [1.29, 1.82) is 0 Å². The molecule has 14 heteroatoms. The van der Waals surface area contributed by atoms with E-state index in [4.69, 9.17) is 0 Å². The number of nitrogens with one attached hydrogen (secondary N) is 1. The summed E-state index contributed by atoms with van der Waals surface area (Å²) in [4.78, 5) is 0. The van der Waals surface area contributed by atoms with E-state index >= 15 is 0 Å². The Morgan fingerprint density at radius 1 is 0.852 bits per heavy atom. The summed E-state index contributed by atoms with van der Waals surface area (Å²) < 4.78 is 109. The minimum Gasteiger partial charge on any atom is -0.325 e. The standard InChI is InChI=1S/C11H18N.C2HF6NO4S2/c1-4-12(2,3)10-11-8-6-5-7-9-11;3-1(4,5)14(10,11)9-15(12,13)2(6,7)8/h5-9H,4,10H2,1-3H3;9H/q+1;. The average Bonchev–Trinajstić information content (AvgIpc) is 2.45. The maximum Gasteiger partial charge on any atom is 0.512 e. The zero-order valence-corrected chi connectivity index (χ0v) is 16.1. The normalized spacial score (nSPS) is 13.7. The minimum absolute atomic E-state index is 0.493. The summed E-state index contributed by atoms with van der Waals surface area (Å²) in [6.45, 7) is 4.52. The molecule has 1 aromatic carbocycles. The van der Waals surface area contributed by atoms with Gasteiger partial charge in [-0.05, 0) is 6.92 Å². The average molecular weight is 445 g/mol. The Morgan fingerprint density at radius 2 is 1.22 bits per heavy atom. The Hall–Kier alpha value is -1.38. The summed E-state index contributed by atoms with van der Waals surface area (Å²) in [6.07, 6.45) is 0. The lowest BCUT2D eigenvalue weighted by Crippen LogP contribution is -2.45. The highest BCUT2D eigenvalue weighted by atomic mass is 32.3. The van der Waals surface area contributed by atoms with E-state index in [1.54, 1.807) is 0 Å². The van der Waals surface area contributed by atoms with Crippen LogP contribution in [-0.2, 0) is 26.6 Å². The van der Waals surface area contributed by atoms with E-state index in [9.17, 15) is 43.2 Å². The fraction of sp³-hybridized carbons (Fsp3) is 0.538. The van der Waals surface area contributed by atoms with Crippen molar-refractivity contribution in [3.05, 3.63) is 35.9 Å². The lowest BCUT2D eigenvalue weighted by molar-refractivity contribution is -0.901. The Kier molecular flexibility index (Phi) is 8.30. The van der Waals surface area contributed by atoms with Gasteiger partial charge < -0.3 is 4.48 Å². The third-order valence-electron chi connectivity index (χ3n) is 3.14. The van der Waals surface area contributed by atoms with Gasteiger partial charge in [-0.3, -0.25) is 0 Å². The number of halogens is 6. The van der Waals surface area contributed by atoms with Crippen molar-refractivity contribution >= 4 is 20.0 Å². The van der Waals surface area contributed by atoms with Gasteiger partial charge in [-0.1, -0.05) is 34.5 Å². The highest BCUT2D eigenvalue weighted by Crippen LogP contribution is 2.27. The Balaban J connectivity index is 0.000000511. The number of hydrogen-bond donors (Lipinski definition) is 1. The highest BCUT2D eigenvalue weighted by molar-refractivity contribution is 8.05. The van der Waals surface area contributed by atoms with E-state index in [1.165, 1.54) is 12.1 Å². The molecule has 158 valence electrons. The van der Waals surface area contributed by atoms with Crippen molar-refractivity contribution in [2.45, 2.75) is 24.5 Å². The first-order valence-electron chi connectivity index (χ1n) is 7.12.